The molecule has 0 spiro atoms. The highest BCUT2D eigenvalue weighted by Gasteiger charge is 2.18. The zero-order chi connectivity index (χ0) is 15.2. The molecule has 0 fully saturated rings. The number of benzene rings is 1. The fourth-order valence-corrected chi connectivity index (χ4v) is 3.27. The predicted molar refractivity (Wildman–Crippen MR) is 80.2 cm³/mol. The molecule has 5 nitrogen and oxygen atoms in total. The van der Waals surface area contributed by atoms with E-state index in [0.29, 0.717) is 6.61 Å². The maximum Gasteiger partial charge on any atom is 0.240 e. The zero-order valence-corrected chi connectivity index (χ0v) is 13.3. The van der Waals surface area contributed by atoms with Gasteiger partial charge in [-0.2, -0.15) is 0 Å². The van der Waals surface area contributed by atoms with E-state index >= 15 is 0 Å². The molecule has 6 heteroatoms. The number of ether oxygens (including phenoxy) is 1. The average Bonchev–Trinajstić information content (AvgIpc) is 2.39. The van der Waals surface area contributed by atoms with Crippen LogP contribution in [-0.4, -0.2) is 34.7 Å². The maximum absolute atomic E-state index is 12.3. The van der Waals surface area contributed by atoms with Crippen LogP contribution in [0.3, 0.4) is 0 Å². The Bertz CT molecular complexity index is 517. The fraction of sp³-hybridized carbons (Fsp3) is 0.571. The van der Waals surface area contributed by atoms with E-state index in [4.69, 9.17) is 4.74 Å². The second-order valence-electron chi connectivity index (χ2n) is 4.83. The number of hydrogen-bond donors (Lipinski definition) is 2. The van der Waals surface area contributed by atoms with Crippen LogP contribution in [0.15, 0.2) is 29.2 Å². The fourth-order valence-electron chi connectivity index (χ4n) is 1.99. The van der Waals surface area contributed by atoms with Crippen LogP contribution in [-0.2, 0) is 14.8 Å². The summed E-state index contributed by atoms with van der Waals surface area (Å²) in [4.78, 5) is 0.280. The maximum atomic E-state index is 12.3. The van der Waals surface area contributed by atoms with Gasteiger partial charge in [0.2, 0.25) is 10.0 Å². The normalized spacial score (nSPS) is 15.0. The topological polar surface area (TPSA) is 67.4 Å². The van der Waals surface area contributed by atoms with E-state index in [9.17, 15) is 8.42 Å². The lowest BCUT2D eigenvalue weighted by molar-refractivity contribution is 0.180. The summed E-state index contributed by atoms with van der Waals surface area (Å²) in [6.45, 7) is 6.97. The second kappa shape index (κ2) is 7.73. The summed E-state index contributed by atoms with van der Waals surface area (Å²) in [5.41, 5.74) is 0.953. The minimum atomic E-state index is -3.51. The number of methoxy groups -OCH3 is 1. The Kier molecular flexibility index (Phi) is 6.61. The van der Waals surface area contributed by atoms with Crippen molar-refractivity contribution < 1.29 is 13.2 Å². The lowest BCUT2D eigenvalue weighted by atomic mass is 10.1. The summed E-state index contributed by atoms with van der Waals surface area (Å²) in [5.74, 6) is 0. The van der Waals surface area contributed by atoms with Crippen molar-refractivity contribution in [3.8, 4) is 0 Å². The predicted octanol–water partition coefficient (Wildman–Crippen LogP) is 1.67. The third kappa shape index (κ3) is 4.86. The van der Waals surface area contributed by atoms with Gasteiger partial charge in [-0.05, 0) is 38.1 Å². The Hall–Kier alpha value is -0.950. The van der Waals surface area contributed by atoms with Crippen molar-refractivity contribution >= 4 is 10.0 Å². The van der Waals surface area contributed by atoms with E-state index in [1.54, 1.807) is 32.2 Å². The molecule has 0 saturated carbocycles. The Labute approximate surface area is 121 Å². The lowest BCUT2D eigenvalue weighted by Crippen LogP contribution is -2.35. The number of nitrogens with one attached hydrogen (secondary N) is 2. The smallest absolute Gasteiger partial charge is 0.240 e. The van der Waals surface area contributed by atoms with Crippen molar-refractivity contribution in [2.24, 2.45) is 0 Å². The van der Waals surface area contributed by atoms with E-state index in [0.717, 1.165) is 12.1 Å². The average molecular weight is 300 g/mol. The van der Waals surface area contributed by atoms with Crippen LogP contribution in [0, 0.1) is 0 Å². The number of hydrogen-bond acceptors (Lipinski definition) is 4. The first kappa shape index (κ1) is 17.1. The summed E-state index contributed by atoms with van der Waals surface area (Å²) in [6, 6.07) is 6.84. The molecular formula is C14H24N2O3S. The van der Waals surface area contributed by atoms with Gasteiger partial charge in [0.15, 0.2) is 0 Å². The first-order valence-corrected chi connectivity index (χ1v) is 8.23. The minimum Gasteiger partial charge on any atom is -0.383 e. The van der Waals surface area contributed by atoms with Gasteiger partial charge >= 0.3 is 0 Å². The first-order valence-electron chi connectivity index (χ1n) is 6.75. The standard InChI is InChI=1S/C14H24N2O3S/c1-5-15-12(3)13-7-6-8-14(9-13)20(17,18)16-11(2)10-19-4/h6-9,11-12,15-16H,5,10H2,1-4H3. The Morgan fingerprint density at radius 3 is 2.60 bits per heavy atom. The van der Waals surface area contributed by atoms with Gasteiger partial charge in [0.05, 0.1) is 11.5 Å². The lowest BCUT2D eigenvalue weighted by Gasteiger charge is -2.16. The van der Waals surface area contributed by atoms with E-state index in [1.807, 2.05) is 19.9 Å². The van der Waals surface area contributed by atoms with Gasteiger partial charge in [-0.15, -0.1) is 0 Å². The van der Waals surface area contributed by atoms with E-state index in [1.165, 1.54) is 0 Å². The number of rotatable bonds is 8. The Balaban J connectivity index is 2.93. The van der Waals surface area contributed by atoms with Crippen molar-refractivity contribution in [1.82, 2.24) is 10.0 Å². The molecule has 2 unspecified atom stereocenters. The van der Waals surface area contributed by atoms with Crippen LogP contribution in [0.25, 0.3) is 0 Å². The number of sulfonamides is 1. The highest BCUT2D eigenvalue weighted by Crippen LogP contribution is 2.17. The van der Waals surface area contributed by atoms with Gasteiger partial charge in [-0.25, -0.2) is 13.1 Å². The summed E-state index contributed by atoms with van der Waals surface area (Å²) >= 11 is 0. The first-order chi connectivity index (χ1) is 9.40. The second-order valence-corrected chi connectivity index (χ2v) is 6.54. The van der Waals surface area contributed by atoms with Crippen molar-refractivity contribution in [1.29, 1.82) is 0 Å². The third-order valence-corrected chi connectivity index (χ3v) is 4.54. The van der Waals surface area contributed by atoms with Crippen LogP contribution in [0.4, 0.5) is 0 Å². The third-order valence-electron chi connectivity index (χ3n) is 2.95. The highest BCUT2D eigenvalue weighted by molar-refractivity contribution is 7.89. The highest BCUT2D eigenvalue weighted by atomic mass is 32.2. The van der Waals surface area contributed by atoms with Gasteiger partial charge in [-0.1, -0.05) is 19.1 Å². The van der Waals surface area contributed by atoms with Gasteiger partial charge in [0.25, 0.3) is 0 Å². The molecule has 1 aromatic rings. The monoisotopic (exact) mass is 300 g/mol. The molecular weight excluding hydrogens is 276 g/mol. The summed E-state index contributed by atoms with van der Waals surface area (Å²) in [5, 5.41) is 3.27. The molecule has 20 heavy (non-hydrogen) atoms. The van der Waals surface area contributed by atoms with Gasteiger partial charge < -0.3 is 10.1 Å². The van der Waals surface area contributed by atoms with Gasteiger partial charge in [0.1, 0.15) is 0 Å². The molecule has 0 radical (unpaired) electrons. The van der Waals surface area contributed by atoms with Crippen LogP contribution in [0.1, 0.15) is 32.4 Å². The van der Waals surface area contributed by atoms with E-state index in [-0.39, 0.29) is 17.0 Å². The van der Waals surface area contributed by atoms with Crippen molar-refractivity contribution in [2.45, 2.75) is 37.8 Å². The van der Waals surface area contributed by atoms with Crippen LogP contribution >= 0.6 is 0 Å². The zero-order valence-electron chi connectivity index (χ0n) is 12.5. The molecule has 1 rings (SSSR count). The molecule has 1 aromatic carbocycles. The molecule has 0 heterocycles. The van der Waals surface area contributed by atoms with Crippen LogP contribution in [0.5, 0.6) is 0 Å². The summed E-state index contributed by atoms with van der Waals surface area (Å²) in [7, 11) is -1.97. The van der Waals surface area contributed by atoms with E-state index in [2.05, 4.69) is 10.0 Å². The van der Waals surface area contributed by atoms with Gasteiger partial charge in [0, 0.05) is 19.2 Å². The largest absolute Gasteiger partial charge is 0.383 e. The SMILES string of the molecule is CCNC(C)c1cccc(S(=O)(=O)NC(C)COC)c1. The summed E-state index contributed by atoms with van der Waals surface area (Å²) in [6.07, 6.45) is 0. The minimum absolute atomic E-state index is 0.117. The molecule has 0 bridgehead atoms. The summed E-state index contributed by atoms with van der Waals surface area (Å²) < 4.78 is 32.1. The molecule has 2 N–H and O–H groups in total. The molecule has 0 aromatic heterocycles. The quantitative estimate of drug-likeness (QED) is 0.766. The molecule has 0 aliphatic heterocycles. The van der Waals surface area contributed by atoms with E-state index < -0.39 is 10.0 Å². The van der Waals surface area contributed by atoms with Crippen molar-refractivity contribution in [3.63, 3.8) is 0 Å². The molecule has 114 valence electrons. The van der Waals surface area contributed by atoms with Crippen LogP contribution in [0.2, 0.25) is 0 Å². The molecule has 0 aliphatic carbocycles. The van der Waals surface area contributed by atoms with Gasteiger partial charge in [-0.3, -0.25) is 0 Å². The molecule has 0 aliphatic rings. The molecule has 2 atom stereocenters. The Morgan fingerprint density at radius 1 is 1.30 bits per heavy atom. The Morgan fingerprint density at radius 2 is 2.00 bits per heavy atom. The van der Waals surface area contributed by atoms with Crippen molar-refractivity contribution in [3.05, 3.63) is 29.8 Å². The molecule has 0 amide bonds. The van der Waals surface area contributed by atoms with Crippen LogP contribution < -0.4 is 10.0 Å². The van der Waals surface area contributed by atoms with Crippen molar-refractivity contribution in [2.75, 3.05) is 20.3 Å². The molecule has 0 saturated heterocycles.